The van der Waals surface area contributed by atoms with Crippen LogP contribution in [0.5, 0.6) is 5.75 Å². The molecular weight excluding hydrogens is 270 g/mol. The fourth-order valence-corrected chi connectivity index (χ4v) is 4.46. The number of para-hydroxylation sites is 1. The second kappa shape index (κ2) is 6.37. The first-order valence-electron chi connectivity index (χ1n) is 7.42. The molecule has 0 bridgehead atoms. The Morgan fingerprint density at radius 3 is 3.15 bits per heavy atom. The highest BCUT2D eigenvalue weighted by atomic mass is 32.2. The first kappa shape index (κ1) is 14.2. The van der Waals surface area contributed by atoms with E-state index in [1.54, 1.807) is 0 Å². The minimum absolute atomic E-state index is 0.0888. The Bertz CT molecular complexity index is 446. The second-order valence-electron chi connectivity index (χ2n) is 5.70. The van der Waals surface area contributed by atoms with Crippen molar-refractivity contribution in [2.45, 2.75) is 37.5 Å². The van der Waals surface area contributed by atoms with E-state index in [1.807, 2.05) is 18.8 Å². The third kappa shape index (κ3) is 3.13. The quantitative estimate of drug-likeness (QED) is 0.925. The molecule has 1 aromatic carbocycles. The van der Waals surface area contributed by atoms with E-state index in [0.717, 1.165) is 37.5 Å². The van der Waals surface area contributed by atoms with E-state index >= 15 is 0 Å². The number of thioether (sulfide) groups is 1. The van der Waals surface area contributed by atoms with Crippen molar-refractivity contribution in [1.82, 2.24) is 5.32 Å². The zero-order chi connectivity index (χ0) is 13.8. The molecule has 0 radical (unpaired) electrons. The van der Waals surface area contributed by atoms with Gasteiger partial charge in [0.05, 0.1) is 12.2 Å². The molecule has 1 spiro atoms. The largest absolute Gasteiger partial charge is 0.490 e. The smallest absolute Gasteiger partial charge is 0.124 e. The van der Waals surface area contributed by atoms with Crippen LogP contribution in [0.4, 0.5) is 0 Å². The summed E-state index contributed by atoms with van der Waals surface area (Å²) in [6, 6.07) is 8.33. The van der Waals surface area contributed by atoms with E-state index < -0.39 is 0 Å². The molecule has 0 aromatic heterocycles. The second-order valence-corrected chi connectivity index (χ2v) is 6.81. The maximum atomic E-state index is 6.30. The summed E-state index contributed by atoms with van der Waals surface area (Å²) in [5, 5.41) is 3.20. The van der Waals surface area contributed by atoms with E-state index in [9.17, 15) is 0 Å². The molecule has 0 aliphatic carbocycles. The molecule has 20 heavy (non-hydrogen) atoms. The van der Waals surface area contributed by atoms with Gasteiger partial charge in [0, 0.05) is 30.7 Å². The van der Waals surface area contributed by atoms with E-state index in [-0.39, 0.29) is 5.60 Å². The lowest BCUT2D eigenvalue weighted by molar-refractivity contribution is -0.0960. The monoisotopic (exact) mass is 293 g/mol. The molecule has 1 aromatic rings. The zero-order valence-corrected chi connectivity index (χ0v) is 12.9. The van der Waals surface area contributed by atoms with Gasteiger partial charge in [0.1, 0.15) is 11.9 Å². The first-order chi connectivity index (χ1) is 9.81. The minimum atomic E-state index is 0.0888. The lowest BCUT2D eigenvalue weighted by atomic mass is 9.91. The molecule has 2 fully saturated rings. The summed E-state index contributed by atoms with van der Waals surface area (Å²) < 4.78 is 12.4. The highest BCUT2D eigenvalue weighted by Crippen LogP contribution is 2.39. The molecule has 0 saturated carbocycles. The minimum Gasteiger partial charge on any atom is -0.490 e. The number of benzene rings is 1. The third-order valence-corrected chi connectivity index (χ3v) is 5.37. The van der Waals surface area contributed by atoms with Crippen LogP contribution in [0.15, 0.2) is 24.3 Å². The van der Waals surface area contributed by atoms with Crippen LogP contribution >= 0.6 is 11.8 Å². The molecule has 4 heteroatoms. The van der Waals surface area contributed by atoms with Gasteiger partial charge in [-0.05, 0) is 25.3 Å². The van der Waals surface area contributed by atoms with Gasteiger partial charge in [-0.25, -0.2) is 0 Å². The summed E-state index contributed by atoms with van der Waals surface area (Å²) in [5.74, 6) is 3.38. The van der Waals surface area contributed by atoms with Gasteiger partial charge in [-0.15, -0.1) is 0 Å². The summed E-state index contributed by atoms with van der Waals surface area (Å²) in [6.45, 7) is 1.68. The number of ether oxygens (including phenoxy) is 2. The zero-order valence-electron chi connectivity index (χ0n) is 12.1. The van der Waals surface area contributed by atoms with Crippen molar-refractivity contribution < 1.29 is 9.47 Å². The Morgan fingerprint density at radius 1 is 1.45 bits per heavy atom. The van der Waals surface area contributed by atoms with E-state index in [2.05, 4.69) is 29.6 Å². The Kier molecular flexibility index (Phi) is 4.54. The van der Waals surface area contributed by atoms with Crippen molar-refractivity contribution in [3.8, 4) is 5.75 Å². The summed E-state index contributed by atoms with van der Waals surface area (Å²) in [6.07, 6.45) is 3.50. The Morgan fingerprint density at radius 2 is 2.35 bits per heavy atom. The lowest BCUT2D eigenvalue weighted by Crippen LogP contribution is -2.43. The SMILES string of the molecule is CNCc1ccccc1OC1CCOC2(CCSC2)C1. The van der Waals surface area contributed by atoms with E-state index in [1.165, 1.54) is 17.7 Å². The van der Waals surface area contributed by atoms with Gasteiger partial charge in [0.2, 0.25) is 0 Å². The van der Waals surface area contributed by atoms with Crippen LogP contribution in [-0.2, 0) is 11.3 Å². The Labute approximate surface area is 125 Å². The van der Waals surface area contributed by atoms with Gasteiger partial charge in [0.25, 0.3) is 0 Å². The Hall–Kier alpha value is -0.710. The maximum absolute atomic E-state index is 6.30. The average Bonchev–Trinajstić information content (AvgIpc) is 2.89. The van der Waals surface area contributed by atoms with Crippen molar-refractivity contribution in [2.75, 3.05) is 25.2 Å². The standard InChI is InChI=1S/C16H23NO2S/c1-17-11-13-4-2-3-5-15(13)19-14-6-8-18-16(10-14)7-9-20-12-16/h2-5,14,17H,6-12H2,1H3. The predicted molar refractivity (Wildman–Crippen MR) is 83.5 cm³/mol. The third-order valence-electron chi connectivity index (χ3n) is 4.15. The molecule has 3 rings (SSSR count). The molecule has 2 heterocycles. The van der Waals surface area contributed by atoms with Crippen LogP contribution in [0, 0.1) is 0 Å². The van der Waals surface area contributed by atoms with Crippen LogP contribution in [0.2, 0.25) is 0 Å². The normalized spacial score (nSPS) is 29.8. The van der Waals surface area contributed by atoms with Gasteiger partial charge in [0.15, 0.2) is 0 Å². The fourth-order valence-electron chi connectivity index (χ4n) is 3.08. The number of nitrogens with one attached hydrogen (secondary N) is 1. The van der Waals surface area contributed by atoms with Crippen molar-refractivity contribution in [3.05, 3.63) is 29.8 Å². The molecular formula is C16H23NO2S. The highest BCUT2D eigenvalue weighted by molar-refractivity contribution is 7.99. The average molecular weight is 293 g/mol. The molecule has 2 aliphatic heterocycles. The molecule has 2 aliphatic rings. The summed E-state index contributed by atoms with van der Waals surface area (Å²) in [7, 11) is 1.97. The van der Waals surface area contributed by atoms with E-state index in [4.69, 9.17) is 9.47 Å². The van der Waals surface area contributed by atoms with Crippen molar-refractivity contribution in [3.63, 3.8) is 0 Å². The lowest BCUT2D eigenvalue weighted by Gasteiger charge is -2.37. The predicted octanol–water partition coefficient (Wildman–Crippen LogP) is 2.84. The number of hydrogen-bond donors (Lipinski definition) is 1. The van der Waals surface area contributed by atoms with E-state index in [0.29, 0.717) is 6.10 Å². The van der Waals surface area contributed by atoms with Crippen molar-refractivity contribution in [2.24, 2.45) is 0 Å². The first-order valence-corrected chi connectivity index (χ1v) is 8.58. The number of hydrogen-bond acceptors (Lipinski definition) is 4. The fraction of sp³-hybridized carbons (Fsp3) is 0.625. The summed E-state index contributed by atoms with van der Waals surface area (Å²) >= 11 is 2.01. The van der Waals surface area contributed by atoms with Gasteiger partial charge in [-0.3, -0.25) is 0 Å². The van der Waals surface area contributed by atoms with Crippen LogP contribution in [0.3, 0.4) is 0 Å². The molecule has 2 atom stereocenters. The maximum Gasteiger partial charge on any atom is 0.124 e. The molecule has 110 valence electrons. The molecule has 0 amide bonds. The number of rotatable bonds is 4. The van der Waals surface area contributed by atoms with Crippen molar-refractivity contribution >= 4 is 11.8 Å². The molecule has 2 unspecified atom stereocenters. The topological polar surface area (TPSA) is 30.5 Å². The summed E-state index contributed by atoms with van der Waals surface area (Å²) in [5.41, 5.74) is 1.32. The molecule has 2 saturated heterocycles. The van der Waals surface area contributed by atoms with Gasteiger partial charge < -0.3 is 14.8 Å². The van der Waals surface area contributed by atoms with Gasteiger partial charge in [-0.2, -0.15) is 11.8 Å². The van der Waals surface area contributed by atoms with Crippen LogP contribution in [0.1, 0.15) is 24.8 Å². The van der Waals surface area contributed by atoms with Gasteiger partial charge in [-0.1, -0.05) is 18.2 Å². The molecule has 1 N–H and O–H groups in total. The summed E-state index contributed by atoms with van der Waals surface area (Å²) in [4.78, 5) is 0. The molecule has 3 nitrogen and oxygen atoms in total. The Balaban J connectivity index is 1.68. The van der Waals surface area contributed by atoms with Crippen molar-refractivity contribution in [1.29, 1.82) is 0 Å². The van der Waals surface area contributed by atoms with Crippen LogP contribution < -0.4 is 10.1 Å². The van der Waals surface area contributed by atoms with Crippen LogP contribution in [0.25, 0.3) is 0 Å². The highest BCUT2D eigenvalue weighted by Gasteiger charge is 2.41. The van der Waals surface area contributed by atoms with Gasteiger partial charge >= 0.3 is 0 Å². The van der Waals surface area contributed by atoms with Crippen LogP contribution in [-0.4, -0.2) is 36.9 Å².